The Morgan fingerprint density at radius 1 is 1.00 bits per heavy atom. The van der Waals surface area contributed by atoms with Gasteiger partial charge in [-0.25, -0.2) is 4.79 Å². The number of rotatable bonds is 10. The second-order valence-electron chi connectivity index (χ2n) is 4.24. The molecular weight excluding hydrogens is 268 g/mol. The van der Waals surface area contributed by atoms with Gasteiger partial charge >= 0.3 is 6.09 Å². The largest absolute Gasteiger partial charge is 0.448 e. The van der Waals surface area contributed by atoms with E-state index < -0.39 is 0 Å². The Balaban J connectivity index is -0.000000569. The highest BCUT2D eigenvalue weighted by Gasteiger charge is 1.99. The van der Waals surface area contributed by atoms with Crippen molar-refractivity contribution >= 4 is 6.09 Å². The molecule has 0 atom stereocenters. The molecule has 130 valence electrons. The summed E-state index contributed by atoms with van der Waals surface area (Å²) in [4.78, 5) is 11.0. The molecule has 0 aliphatic carbocycles. The van der Waals surface area contributed by atoms with Crippen molar-refractivity contribution in [2.45, 2.75) is 59.8 Å². The highest BCUT2D eigenvalue weighted by molar-refractivity contribution is 5.66. The van der Waals surface area contributed by atoms with Crippen LogP contribution in [0.15, 0.2) is 0 Å². The lowest BCUT2D eigenvalue weighted by atomic mass is 10.2. The number of amides is 1. The van der Waals surface area contributed by atoms with Crippen LogP contribution < -0.4 is 21.9 Å². The quantitative estimate of drug-likeness (QED) is 0.283. The lowest BCUT2D eigenvalue weighted by molar-refractivity contribution is 0.146. The summed E-state index contributed by atoms with van der Waals surface area (Å²) in [6.07, 6.45) is 5.38. The molecule has 0 aromatic heterocycles. The number of carbonyl (C=O) groups is 1. The molecule has 21 heavy (non-hydrogen) atoms. The zero-order chi connectivity index (χ0) is 16.8. The highest BCUT2D eigenvalue weighted by Crippen LogP contribution is 1.97. The summed E-state index contributed by atoms with van der Waals surface area (Å²) in [7, 11) is 1.95. The number of hydrogen-bond acceptors (Lipinski definition) is 5. The lowest BCUT2D eigenvalue weighted by Gasteiger charge is -2.06. The molecule has 0 aromatic rings. The third-order valence-electron chi connectivity index (χ3n) is 2.10. The summed E-state index contributed by atoms with van der Waals surface area (Å²) in [6, 6.07) is 0. The van der Waals surface area contributed by atoms with Crippen LogP contribution in [0.25, 0.3) is 0 Å². The predicted molar refractivity (Wildman–Crippen MR) is 91.2 cm³/mol. The van der Waals surface area contributed by atoms with Crippen molar-refractivity contribution in [2.75, 3.05) is 33.3 Å². The van der Waals surface area contributed by atoms with Crippen LogP contribution in [0.2, 0.25) is 0 Å². The molecule has 0 unspecified atom stereocenters. The number of carbonyl (C=O) groups excluding carboxylic acids is 1. The third-order valence-corrected chi connectivity index (χ3v) is 2.10. The molecule has 0 aliphatic heterocycles. The molecule has 0 aliphatic rings. The molecule has 0 fully saturated rings. The molecular formula is C15H38N4O2. The van der Waals surface area contributed by atoms with Crippen molar-refractivity contribution in [1.29, 1.82) is 0 Å². The van der Waals surface area contributed by atoms with E-state index >= 15 is 0 Å². The summed E-state index contributed by atoms with van der Waals surface area (Å²) in [5.41, 5.74) is 2.41. The summed E-state index contributed by atoms with van der Waals surface area (Å²) in [5.74, 6) is 5.03. The van der Waals surface area contributed by atoms with Gasteiger partial charge in [0.1, 0.15) is 6.61 Å². The van der Waals surface area contributed by atoms with Crippen LogP contribution in [0, 0.1) is 0 Å². The van der Waals surface area contributed by atoms with Gasteiger partial charge in [-0.3, -0.25) is 11.3 Å². The van der Waals surface area contributed by atoms with Crippen molar-refractivity contribution in [3.05, 3.63) is 0 Å². The van der Waals surface area contributed by atoms with Gasteiger partial charge in [0.05, 0.1) is 0 Å². The Morgan fingerprint density at radius 3 is 2.00 bits per heavy atom. The van der Waals surface area contributed by atoms with Crippen molar-refractivity contribution < 1.29 is 9.53 Å². The number of hydrogen-bond donors (Lipinski definition) is 4. The molecule has 0 aromatic carbocycles. The zero-order valence-electron chi connectivity index (χ0n) is 14.8. The van der Waals surface area contributed by atoms with E-state index in [1.54, 1.807) is 0 Å². The van der Waals surface area contributed by atoms with E-state index in [0.717, 1.165) is 19.4 Å². The predicted octanol–water partition coefficient (Wildman–Crippen LogP) is 2.40. The van der Waals surface area contributed by atoms with Crippen LogP contribution in [0.4, 0.5) is 4.79 Å². The summed E-state index contributed by atoms with van der Waals surface area (Å²) in [5, 5.41) is 5.79. The Kier molecular flexibility index (Phi) is 32.9. The molecule has 0 saturated carbocycles. The van der Waals surface area contributed by atoms with Crippen molar-refractivity contribution in [1.82, 2.24) is 16.1 Å². The normalized spacial score (nSPS) is 8.86. The van der Waals surface area contributed by atoms with Crippen molar-refractivity contribution in [3.63, 3.8) is 0 Å². The molecule has 1 amide bonds. The molecule has 0 bridgehead atoms. The number of nitrogens with two attached hydrogens (primary N) is 1. The third kappa shape index (κ3) is 32.6. The van der Waals surface area contributed by atoms with Gasteiger partial charge in [-0.1, -0.05) is 47.0 Å². The number of alkyl carbamates (subject to hydrolysis) is 1. The van der Waals surface area contributed by atoms with Crippen molar-refractivity contribution in [2.24, 2.45) is 5.84 Å². The fraction of sp³-hybridized carbons (Fsp3) is 0.933. The monoisotopic (exact) mass is 306 g/mol. The minimum atomic E-state index is -0.370. The van der Waals surface area contributed by atoms with Gasteiger partial charge in [0.25, 0.3) is 0 Å². The van der Waals surface area contributed by atoms with Gasteiger partial charge in [-0.05, 0) is 26.4 Å². The van der Waals surface area contributed by atoms with Gasteiger partial charge in [-0.15, -0.1) is 0 Å². The second kappa shape index (κ2) is 27.5. The second-order valence-corrected chi connectivity index (χ2v) is 4.24. The summed E-state index contributed by atoms with van der Waals surface area (Å²) < 4.78 is 4.82. The Morgan fingerprint density at radius 2 is 1.52 bits per heavy atom. The van der Waals surface area contributed by atoms with E-state index in [4.69, 9.17) is 10.6 Å². The van der Waals surface area contributed by atoms with Crippen LogP contribution >= 0.6 is 0 Å². The fourth-order valence-electron chi connectivity index (χ4n) is 1.22. The van der Waals surface area contributed by atoms with Gasteiger partial charge in [0.2, 0.25) is 0 Å². The average molecular weight is 306 g/mol. The number of hydrazine groups is 1. The van der Waals surface area contributed by atoms with Crippen LogP contribution in [-0.4, -0.2) is 39.4 Å². The van der Waals surface area contributed by atoms with Crippen molar-refractivity contribution in [3.8, 4) is 0 Å². The number of nitrogens with one attached hydrogen (secondary N) is 3. The molecule has 0 spiro atoms. The standard InChI is InChI=1S/C10H24N4O2.C3H8.C2H6/c1-12-6-4-2-3-5-7-13-10(15)16-9-8-14-11;1-3-2;1-2/h12,14H,2-9,11H2,1H3,(H,13,15);3H2,1-2H3;1-2H3. The minimum Gasteiger partial charge on any atom is -0.448 e. The van der Waals surface area contributed by atoms with E-state index in [1.807, 2.05) is 20.9 Å². The molecule has 0 rings (SSSR count). The van der Waals surface area contributed by atoms with E-state index in [0.29, 0.717) is 19.7 Å². The maximum absolute atomic E-state index is 11.0. The Hall–Kier alpha value is -0.850. The van der Waals surface area contributed by atoms with Gasteiger partial charge in [0, 0.05) is 13.1 Å². The Labute approximate surface area is 131 Å². The maximum Gasteiger partial charge on any atom is 0.407 e. The van der Waals surface area contributed by atoms with Gasteiger partial charge in [0.15, 0.2) is 0 Å². The molecule has 5 N–H and O–H groups in total. The van der Waals surface area contributed by atoms with Gasteiger partial charge in [-0.2, -0.15) is 0 Å². The van der Waals surface area contributed by atoms with Crippen LogP contribution in [0.1, 0.15) is 59.8 Å². The number of unbranched alkanes of at least 4 members (excludes halogenated alkanes) is 3. The van der Waals surface area contributed by atoms with E-state index in [1.165, 1.54) is 19.3 Å². The van der Waals surface area contributed by atoms with Crippen LogP contribution in [0.5, 0.6) is 0 Å². The van der Waals surface area contributed by atoms with E-state index in [9.17, 15) is 4.79 Å². The highest BCUT2D eigenvalue weighted by atomic mass is 16.5. The summed E-state index contributed by atoms with van der Waals surface area (Å²) in [6.45, 7) is 10.7. The lowest BCUT2D eigenvalue weighted by Crippen LogP contribution is -2.31. The molecule has 0 heterocycles. The Bertz CT molecular complexity index is 181. The number of ether oxygens (including phenoxy) is 1. The summed E-state index contributed by atoms with van der Waals surface area (Å²) >= 11 is 0. The average Bonchev–Trinajstić information content (AvgIpc) is 2.49. The SMILES string of the molecule is CC.CCC.CNCCCCCCNC(=O)OCCNN. The first-order valence-corrected chi connectivity index (χ1v) is 8.21. The zero-order valence-corrected chi connectivity index (χ0v) is 14.8. The van der Waals surface area contributed by atoms with Crippen LogP contribution in [-0.2, 0) is 4.74 Å². The van der Waals surface area contributed by atoms with E-state index in [2.05, 4.69) is 29.9 Å². The first-order chi connectivity index (χ1) is 10.2. The maximum atomic E-state index is 11.0. The molecule has 6 nitrogen and oxygen atoms in total. The van der Waals surface area contributed by atoms with Gasteiger partial charge < -0.3 is 15.4 Å². The molecule has 0 radical (unpaired) electrons. The van der Waals surface area contributed by atoms with E-state index in [-0.39, 0.29) is 6.09 Å². The first-order valence-electron chi connectivity index (χ1n) is 8.21. The minimum absolute atomic E-state index is 0.296. The smallest absolute Gasteiger partial charge is 0.407 e. The fourth-order valence-corrected chi connectivity index (χ4v) is 1.22. The molecule has 6 heteroatoms. The first kappa shape index (κ1) is 25.1. The molecule has 0 saturated heterocycles. The topological polar surface area (TPSA) is 88.4 Å². The van der Waals surface area contributed by atoms with Crippen LogP contribution in [0.3, 0.4) is 0 Å².